The van der Waals surface area contributed by atoms with E-state index in [1.807, 2.05) is 0 Å². The minimum Gasteiger partial charge on any atom is -0.443 e. The largest absolute Gasteiger partial charge is 0.443 e. The Hall–Kier alpha value is -0.810. The molecule has 5 heteroatoms. The number of hydrazine groups is 1. The van der Waals surface area contributed by atoms with Gasteiger partial charge in [-0.25, -0.2) is 15.2 Å². The fourth-order valence-electron chi connectivity index (χ4n) is 1.01. The molecule has 1 atom stereocenters. The topological polar surface area (TPSA) is 61.8 Å². The number of hydrogen-bond acceptors (Lipinski definition) is 4. The van der Waals surface area contributed by atoms with Gasteiger partial charge in [-0.15, -0.1) is 0 Å². The number of nitrogens with zero attached hydrogens (tertiary/aromatic N) is 1. The Morgan fingerprint density at radius 1 is 1.62 bits per heavy atom. The molecule has 0 spiro atoms. The molecule has 0 bridgehead atoms. The van der Waals surface area contributed by atoms with Gasteiger partial charge in [0.1, 0.15) is 5.60 Å². The molecular weight excluding hydrogens is 172 g/mol. The molecule has 1 aliphatic heterocycles. The van der Waals surface area contributed by atoms with Gasteiger partial charge < -0.3 is 9.84 Å². The SMILES string of the molecule is CC(C)(C)OC(=O)N1CC(O)CN1. The van der Waals surface area contributed by atoms with Gasteiger partial charge >= 0.3 is 6.09 Å². The number of amides is 1. The van der Waals surface area contributed by atoms with E-state index in [2.05, 4.69) is 5.43 Å². The standard InChI is InChI=1S/C8H16N2O3/c1-8(2,3)13-7(12)10-5-6(11)4-9-10/h6,9,11H,4-5H2,1-3H3. The van der Waals surface area contributed by atoms with Crippen LogP contribution in [0.25, 0.3) is 0 Å². The van der Waals surface area contributed by atoms with Gasteiger partial charge in [-0.3, -0.25) is 0 Å². The van der Waals surface area contributed by atoms with Crippen molar-refractivity contribution in [3.05, 3.63) is 0 Å². The quantitative estimate of drug-likeness (QED) is 0.566. The van der Waals surface area contributed by atoms with Crippen molar-refractivity contribution in [2.75, 3.05) is 13.1 Å². The summed E-state index contributed by atoms with van der Waals surface area (Å²) < 4.78 is 5.08. The van der Waals surface area contributed by atoms with Crippen LogP contribution in [-0.4, -0.2) is 41.0 Å². The van der Waals surface area contributed by atoms with E-state index in [9.17, 15) is 4.79 Å². The third-order valence-electron chi connectivity index (χ3n) is 1.52. The second kappa shape index (κ2) is 3.51. The third kappa shape index (κ3) is 3.20. The summed E-state index contributed by atoms with van der Waals surface area (Å²) in [7, 11) is 0. The average molecular weight is 188 g/mol. The van der Waals surface area contributed by atoms with Gasteiger partial charge in [-0.05, 0) is 20.8 Å². The van der Waals surface area contributed by atoms with Crippen LogP contribution in [0.4, 0.5) is 4.79 Å². The Morgan fingerprint density at radius 2 is 2.23 bits per heavy atom. The first-order valence-corrected chi connectivity index (χ1v) is 4.30. The van der Waals surface area contributed by atoms with E-state index in [1.165, 1.54) is 5.01 Å². The normalized spacial score (nSPS) is 23.4. The molecule has 0 saturated carbocycles. The average Bonchev–Trinajstić information content (AvgIpc) is 2.31. The van der Waals surface area contributed by atoms with E-state index in [4.69, 9.17) is 9.84 Å². The first kappa shape index (κ1) is 10.3. The van der Waals surface area contributed by atoms with Crippen LogP contribution in [0.5, 0.6) is 0 Å². The molecule has 0 aromatic carbocycles. The van der Waals surface area contributed by atoms with Gasteiger partial charge in [0, 0.05) is 6.54 Å². The zero-order valence-corrected chi connectivity index (χ0v) is 8.20. The van der Waals surface area contributed by atoms with E-state index in [0.29, 0.717) is 6.54 Å². The number of hydrogen-bond donors (Lipinski definition) is 2. The fourth-order valence-corrected chi connectivity index (χ4v) is 1.01. The fraction of sp³-hybridized carbons (Fsp3) is 0.875. The maximum atomic E-state index is 11.3. The molecule has 0 aromatic heterocycles. The van der Waals surface area contributed by atoms with Crippen LogP contribution in [0.15, 0.2) is 0 Å². The molecular formula is C8H16N2O3. The summed E-state index contributed by atoms with van der Waals surface area (Å²) in [5, 5.41) is 10.4. The first-order chi connectivity index (χ1) is 5.88. The Kier molecular flexibility index (Phi) is 2.77. The van der Waals surface area contributed by atoms with Gasteiger partial charge in [0.2, 0.25) is 0 Å². The van der Waals surface area contributed by atoms with Gasteiger partial charge in [0.25, 0.3) is 0 Å². The lowest BCUT2D eigenvalue weighted by Crippen LogP contribution is -2.41. The number of carbonyl (C=O) groups is 1. The summed E-state index contributed by atoms with van der Waals surface area (Å²) in [6, 6.07) is 0. The molecule has 5 nitrogen and oxygen atoms in total. The highest BCUT2D eigenvalue weighted by Crippen LogP contribution is 2.10. The smallest absolute Gasteiger partial charge is 0.424 e. The van der Waals surface area contributed by atoms with Crippen LogP contribution in [-0.2, 0) is 4.74 Å². The summed E-state index contributed by atoms with van der Waals surface area (Å²) in [5.74, 6) is 0. The number of ether oxygens (including phenoxy) is 1. The van der Waals surface area contributed by atoms with Crippen LogP contribution in [0.2, 0.25) is 0 Å². The van der Waals surface area contributed by atoms with Crippen molar-refractivity contribution < 1.29 is 14.6 Å². The predicted octanol–water partition coefficient (Wildman–Crippen LogP) is 0.103. The minimum absolute atomic E-state index is 0.287. The number of nitrogens with one attached hydrogen (secondary N) is 1. The summed E-state index contributed by atoms with van der Waals surface area (Å²) in [6.07, 6.45) is -0.934. The molecule has 0 aromatic rings. The van der Waals surface area contributed by atoms with Crippen LogP contribution in [0.3, 0.4) is 0 Å². The first-order valence-electron chi connectivity index (χ1n) is 4.30. The molecule has 76 valence electrons. The number of aliphatic hydroxyl groups excluding tert-OH is 1. The molecule has 1 amide bonds. The Morgan fingerprint density at radius 3 is 2.62 bits per heavy atom. The second-order valence-corrected chi connectivity index (χ2v) is 4.11. The minimum atomic E-state index is -0.494. The Labute approximate surface area is 77.6 Å². The summed E-state index contributed by atoms with van der Waals surface area (Å²) in [6.45, 7) is 6.10. The van der Waals surface area contributed by atoms with Gasteiger partial charge in [-0.1, -0.05) is 0 Å². The van der Waals surface area contributed by atoms with E-state index in [0.717, 1.165) is 0 Å². The molecule has 0 radical (unpaired) electrons. The molecule has 1 rings (SSSR count). The van der Waals surface area contributed by atoms with Crippen molar-refractivity contribution in [3.63, 3.8) is 0 Å². The van der Waals surface area contributed by atoms with E-state index in [-0.39, 0.29) is 6.54 Å². The second-order valence-electron chi connectivity index (χ2n) is 4.11. The maximum Gasteiger partial charge on any atom is 0.424 e. The highest BCUT2D eigenvalue weighted by molar-refractivity contribution is 5.67. The zero-order chi connectivity index (χ0) is 10.1. The zero-order valence-electron chi connectivity index (χ0n) is 8.20. The highest BCUT2D eigenvalue weighted by atomic mass is 16.6. The summed E-state index contributed by atoms with van der Waals surface area (Å²) in [5.41, 5.74) is 2.24. The number of aliphatic hydroxyl groups is 1. The predicted molar refractivity (Wildman–Crippen MR) is 46.9 cm³/mol. The lowest BCUT2D eigenvalue weighted by Gasteiger charge is -2.23. The molecule has 1 fully saturated rings. The van der Waals surface area contributed by atoms with Crippen LogP contribution in [0.1, 0.15) is 20.8 Å². The van der Waals surface area contributed by atoms with E-state index in [1.54, 1.807) is 20.8 Å². The number of β-amino-alcohol motifs (C(OH)–C–C–N with tert-alkyl or cyclic N) is 1. The molecule has 0 aliphatic carbocycles. The van der Waals surface area contributed by atoms with E-state index < -0.39 is 17.8 Å². The molecule has 2 N–H and O–H groups in total. The van der Waals surface area contributed by atoms with Gasteiger partial charge in [0.05, 0.1) is 12.6 Å². The van der Waals surface area contributed by atoms with Crippen LogP contribution >= 0.6 is 0 Å². The van der Waals surface area contributed by atoms with E-state index >= 15 is 0 Å². The Balaban J connectivity index is 2.41. The van der Waals surface area contributed by atoms with Crippen LogP contribution < -0.4 is 5.43 Å². The maximum absolute atomic E-state index is 11.3. The van der Waals surface area contributed by atoms with Crippen molar-refractivity contribution in [3.8, 4) is 0 Å². The monoisotopic (exact) mass is 188 g/mol. The number of rotatable bonds is 0. The van der Waals surface area contributed by atoms with Crippen molar-refractivity contribution in [2.45, 2.75) is 32.5 Å². The summed E-state index contributed by atoms with van der Waals surface area (Å²) in [4.78, 5) is 11.3. The lowest BCUT2D eigenvalue weighted by atomic mass is 10.2. The van der Waals surface area contributed by atoms with Crippen molar-refractivity contribution in [1.29, 1.82) is 0 Å². The van der Waals surface area contributed by atoms with Crippen molar-refractivity contribution in [1.82, 2.24) is 10.4 Å². The molecule has 1 unspecified atom stereocenters. The Bertz CT molecular complexity index is 200. The number of carbonyl (C=O) groups excluding carboxylic acids is 1. The summed E-state index contributed by atoms with van der Waals surface area (Å²) >= 11 is 0. The van der Waals surface area contributed by atoms with Crippen molar-refractivity contribution in [2.24, 2.45) is 0 Å². The van der Waals surface area contributed by atoms with Crippen LogP contribution in [0, 0.1) is 0 Å². The molecule has 1 aliphatic rings. The molecule has 13 heavy (non-hydrogen) atoms. The van der Waals surface area contributed by atoms with Crippen molar-refractivity contribution >= 4 is 6.09 Å². The highest BCUT2D eigenvalue weighted by Gasteiger charge is 2.28. The molecule has 1 heterocycles. The third-order valence-corrected chi connectivity index (χ3v) is 1.52. The van der Waals surface area contributed by atoms with Gasteiger partial charge in [-0.2, -0.15) is 0 Å². The van der Waals surface area contributed by atoms with Gasteiger partial charge in [0.15, 0.2) is 0 Å². The lowest BCUT2D eigenvalue weighted by molar-refractivity contribution is 0.0191. The molecule has 1 saturated heterocycles.